The second kappa shape index (κ2) is 20.5. The van der Waals surface area contributed by atoms with Crippen LogP contribution in [0.2, 0.25) is 0 Å². The molecule has 4 saturated carbocycles. The second-order valence-electron chi connectivity index (χ2n) is 22.7. The zero-order chi connectivity index (χ0) is 51.7. The molecule has 7 N–H and O–H groups in total. The molecule has 4 heterocycles. The number of benzene rings is 2. The summed E-state index contributed by atoms with van der Waals surface area (Å²) < 4.78 is 77.1. The first kappa shape index (κ1) is 52.5. The SMILES string of the molecule is C[C@@H]1CC[C@@]2(OC1)OC1C[C@H]3[C@@H]4CC[C@H]5C[C@@H](O[C@@H]6O[C@H](COC(=O)Nc7ccccc7F)[C@@H](O[C@@H]7O[C@H](COC(=O)Nc8ccccc8F)[C@@H](O)[C@H](O)[C@H]7O)[C@H](O)[C@H]6O)CC[C@]5(C)[C@H]4C(=O)C[C@]3(C)C1[C@@H]2C. The molecule has 402 valence electrons. The van der Waals surface area contributed by atoms with Crippen LogP contribution in [0.15, 0.2) is 48.5 Å². The van der Waals surface area contributed by atoms with Gasteiger partial charge in [0.15, 0.2) is 18.4 Å². The Bertz CT molecular complexity index is 2340. The molecule has 2 unspecified atom stereocenters. The number of rotatable bonds is 10. The molecule has 8 aliphatic rings. The van der Waals surface area contributed by atoms with Crippen LogP contribution in [-0.2, 0) is 42.7 Å². The molecule has 22 atom stereocenters. The molecule has 4 aliphatic carbocycles. The monoisotopic (exact) mass is 1030 g/mol. The summed E-state index contributed by atoms with van der Waals surface area (Å²) in [5.41, 5.74) is -0.853. The highest BCUT2D eigenvalue weighted by molar-refractivity contribution is 5.85. The lowest BCUT2D eigenvalue weighted by atomic mass is 9.44. The summed E-state index contributed by atoms with van der Waals surface area (Å²) in [5, 5.41) is 60.6. The molecule has 10 rings (SSSR count). The average molecular weight is 1030 g/mol. The topological polar surface area (TPSA) is 250 Å². The van der Waals surface area contributed by atoms with E-state index >= 15 is 0 Å². The van der Waals surface area contributed by atoms with Crippen LogP contribution in [0.3, 0.4) is 0 Å². The van der Waals surface area contributed by atoms with Crippen LogP contribution < -0.4 is 10.6 Å². The Labute approximate surface area is 422 Å². The Balaban J connectivity index is 0.807. The van der Waals surface area contributed by atoms with Gasteiger partial charge < -0.3 is 63.4 Å². The fourth-order valence-corrected chi connectivity index (χ4v) is 14.7. The van der Waals surface area contributed by atoms with E-state index in [0.717, 1.165) is 44.2 Å². The van der Waals surface area contributed by atoms with Gasteiger partial charge in [0, 0.05) is 24.7 Å². The minimum atomic E-state index is -1.98. The van der Waals surface area contributed by atoms with Crippen molar-refractivity contribution in [3.05, 3.63) is 60.2 Å². The molecular weight excluding hydrogens is 959 g/mol. The first-order valence-corrected chi connectivity index (χ1v) is 26.0. The van der Waals surface area contributed by atoms with Crippen molar-refractivity contribution >= 4 is 29.3 Å². The third kappa shape index (κ3) is 9.69. The number of hydrogen-bond acceptors (Lipinski definition) is 16. The Morgan fingerprint density at radius 2 is 1.34 bits per heavy atom. The third-order valence-electron chi connectivity index (χ3n) is 18.5. The maximum atomic E-state index is 14.7. The van der Waals surface area contributed by atoms with Crippen molar-refractivity contribution in [2.45, 2.75) is 165 Å². The van der Waals surface area contributed by atoms with Crippen LogP contribution >= 0.6 is 0 Å². The fourth-order valence-electron chi connectivity index (χ4n) is 14.7. The van der Waals surface area contributed by atoms with E-state index in [2.05, 4.69) is 38.3 Å². The highest BCUT2D eigenvalue weighted by Crippen LogP contribution is 2.70. The molecule has 2 aromatic rings. The van der Waals surface area contributed by atoms with Crippen molar-refractivity contribution in [1.82, 2.24) is 0 Å². The van der Waals surface area contributed by atoms with E-state index in [1.807, 2.05) is 0 Å². The van der Waals surface area contributed by atoms with Gasteiger partial charge in [-0.15, -0.1) is 0 Å². The smallest absolute Gasteiger partial charge is 0.411 e. The van der Waals surface area contributed by atoms with E-state index in [9.17, 15) is 48.7 Å². The largest absolute Gasteiger partial charge is 0.446 e. The number of aliphatic hydroxyl groups excluding tert-OH is 5. The van der Waals surface area contributed by atoms with Gasteiger partial charge in [0.1, 0.15) is 79.5 Å². The third-order valence-corrected chi connectivity index (χ3v) is 18.5. The maximum Gasteiger partial charge on any atom is 0.411 e. The number of halogens is 2. The minimum absolute atomic E-state index is 0.0582. The molecule has 20 heteroatoms. The first-order valence-electron chi connectivity index (χ1n) is 26.0. The van der Waals surface area contributed by atoms with Gasteiger partial charge in [0.05, 0.1) is 30.2 Å². The van der Waals surface area contributed by atoms with Crippen molar-refractivity contribution in [3.8, 4) is 0 Å². The second-order valence-corrected chi connectivity index (χ2v) is 22.7. The summed E-state index contributed by atoms with van der Waals surface area (Å²) in [6, 6.07) is 10.7. The highest BCUT2D eigenvalue weighted by atomic mass is 19.1. The average Bonchev–Trinajstić information content (AvgIpc) is 3.80. The molecule has 0 aromatic heterocycles. The Kier molecular flexibility index (Phi) is 14.8. The van der Waals surface area contributed by atoms with E-state index in [1.54, 1.807) is 0 Å². The van der Waals surface area contributed by atoms with Gasteiger partial charge in [-0.25, -0.2) is 18.4 Å². The summed E-state index contributed by atoms with van der Waals surface area (Å²) in [6.45, 7) is 8.35. The van der Waals surface area contributed by atoms with E-state index in [4.69, 9.17) is 37.9 Å². The van der Waals surface area contributed by atoms with Crippen molar-refractivity contribution in [3.63, 3.8) is 0 Å². The predicted octanol–water partition coefficient (Wildman–Crippen LogP) is 5.41. The molecule has 2 aromatic carbocycles. The lowest BCUT2D eigenvalue weighted by Gasteiger charge is -2.60. The van der Waals surface area contributed by atoms with Gasteiger partial charge in [-0.05, 0) is 110 Å². The molecule has 0 bridgehead atoms. The van der Waals surface area contributed by atoms with E-state index in [0.29, 0.717) is 49.9 Å². The van der Waals surface area contributed by atoms with Gasteiger partial charge in [-0.1, -0.05) is 52.0 Å². The van der Waals surface area contributed by atoms with Crippen LogP contribution in [0.5, 0.6) is 0 Å². The molecule has 1 spiro atoms. The number of carbonyl (C=O) groups excluding carboxylic acids is 3. The quantitative estimate of drug-likeness (QED) is 0.147. The molecule has 18 nitrogen and oxygen atoms in total. The highest BCUT2D eigenvalue weighted by Gasteiger charge is 2.71. The van der Waals surface area contributed by atoms with Crippen LogP contribution in [0.1, 0.15) is 85.5 Å². The number of fused-ring (bicyclic) bond motifs is 7. The number of aliphatic hydroxyl groups is 5. The number of hydrogen-bond donors (Lipinski definition) is 7. The Hall–Kier alpha value is -3.93. The summed E-state index contributed by atoms with van der Waals surface area (Å²) in [5.74, 6) is -0.234. The molecule has 73 heavy (non-hydrogen) atoms. The number of amides is 2. The summed E-state index contributed by atoms with van der Waals surface area (Å²) >= 11 is 0. The van der Waals surface area contributed by atoms with E-state index in [1.165, 1.54) is 36.4 Å². The summed E-state index contributed by atoms with van der Waals surface area (Å²) in [4.78, 5) is 40.3. The van der Waals surface area contributed by atoms with Gasteiger partial charge in [-0.3, -0.25) is 15.4 Å². The lowest BCUT2D eigenvalue weighted by molar-refractivity contribution is -0.363. The molecule has 4 aliphatic heterocycles. The predicted molar refractivity (Wildman–Crippen MR) is 252 cm³/mol. The molecule has 4 saturated heterocycles. The number of ketones is 1. The van der Waals surface area contributed by atoms with E-state index < -0.39 is 110 Å². The van der Waals surface area contributed by atoms with Gasteiger partial charge in [0.25, 0.3) is 0 Å². The van der Waals surface area contributed by atoms with Crippen LogP contribution in [0, 0.1) is 63.9 Å². The van der Waals surface area contributed by atoms with Crippen molar-refractivity contribution < 1.29 is 86.6 Å². The van der Waals surface area contributed by atoms with E-state index in [-0.39, 0.29) is 57.9 Å². The minimum Gasteiger partial charge on any atom is -0.446 e. The lowest BCUT2D eigenvalue weighted by Crippen LogP contribution is -2.65. The van der Waals surface area contributed by atoms with Crippen molar-refractivity contribution in [2.75, 3.05) is 30.5 Å². The number of Topliss-reactive ketones (excluding diaryl/α,β-unsaturated/α-hetero) is 1. The van der Waals surface area contributed by atoms with Crippen LogP contribution in [0.4, 0.5) is 29.7 Å². The van der Waals surface area contributed by atoms with Gasteiger partial charge in [-0.2, -0.15) is 0 Å². The zero-order valence-corrected chi connectivity index (χ0v) is 41.6. The maximum absolute atomic E-state index is 14.7. The first-order chi connectivity index (χ1) is 34.8. The number of nitrogens with one attached hydrogen (secondary N) is 2. The van der Waals surface area contributed by atoms with Crippen molar-refractivity contribution in [2.24, 2.45) is 52.3 Å². The Morgan fingerprint density at radius 3 is 1.99 bits per heavy atom. The number of ether oxygens (including phenoxy) is 8. The number of para-hydroxylation sites is 2. The van der Waals surface area contributed by atoms with Crippen molar-refractivity contribution in [1.29, 1.82) is 0 Å². The zero-order valence-electron chi connectivity index (χ0n) is 41.6. The van der Waals surface area contributed by atoms with Crippen LogP contribution in [0.25, 0.3) is 0 Å². The standard InChI is InChI=1S/C53H70F2N2O16/c1-25-15-18-53(68-22-25)26(2)39-36(73-53)20-30-29-14-13-27-19-28(16-17-51(27,3)40(29)35(58)21-52(30,39)4)69-47-45(63)43(61)46(38(71-47)24-67-50(65)57-34-12-8-6-10-32(34)55)72-48-44(62)42(60)41(59)37(70-48)23-66-49(64)56-33-11-7-5-9-31(33)54/h5-12,25-30,36-48,59-63H,13-24H2,1-4H3,(H,56,64)(H,57,65)/t25-,26+,27+,28+,29+,30+,36?,37-,38-,39?,40-,41-,42+,43-,44-,45-,46-,47-,48+,51+,52+,53-/m1/s1. The summed E-state index contributed by atoms with van der Waals surface area (Å²) in [7, 11) is 0. The normalized spacial score (nSPS) is 45.1. The molecular formula is C53H70F2N2O16. The van der Waals surface area contributed by atoms with Gasteiger partial charge in [0.2, 0.25) is 0 Å². The molecule has 2 amide bonds. The fraction of sp³-hybridized carbons (Fsp3) is 0.717. The Morgan fingerprint density at radius 1 is 0.726 bits per heavy atom. The van der Waals surface area contributed by atoms with Gasteiger partial charge >= 0.3 is 12.2 Å². The molecule has 0 radical (unpaired) electrons. The van der Waals surface area contributed by atoms with Crippen LogP contribution in [-0.4, -0.2) is 143 Å². The molecule has 8 fully saturated rings. The summed E-state index contributed by atoms with van der Waals surface area (Å²) in [6.07, 6.45) is -13.2. The number of anilines is 2. The number of carbonyl (C=O) groups is 3.